The zero-order valence-corrected chi connectivity index (χ0v) is 11.4. The molecule has 1 atom stereocenters. The first kappa shape index (κ1) is 14.6. The lowest BCUT2D eigenvalue weighted by Gasteiger charge is -2.18. The Hall–Kier alpha value is -1.81. The van der Waals surface area contributed by atoms with Crippen LogP contribution in [0.1, 0.15) is 25.5 Å². The van der Waals surface area contributed by atoms with Gasteiger partial charge in [-0.1, -0.05) is 31.2 Å². The van der Waals surface area contributed by atoms with Gasteiger partial charge in [0.15, 0.2) is 17.5 Å². The van der Waals surface area contributed by atoms with E-state index in [0.29, 0.717) is 5.56 Å². The predicted octanol–water partition coefficient (Wildman–Crippen LogP) is 4.44. The first-order chi connectivity index (χ1) is 9.56. The van der Waals surface area contributed by atoms with E-state index in [2.05, 4.69) is 5.32 Å². The zero-order chi connectivity index (χ0) is 14.7. The fourth-order valence-corrected chi connectivity index (χ4v) is 2.27. The number of halogens is 3. The third-order valence-electron chi connectivity index (χ3n) is 3.26. The van der Waals surface area contributed by atoms with Crippen molar-refractivity contribution in [2.45, 2.75) is 19.9 Å². The molecular formula is C16H16F3N. The van der Waals surface area contributed by atoms with Crippen molar-refractivity contribution in [3.8, 4) is 11.1 Å². The van der Waals surface area contributed by atoms with Crippen LogP contribution in [0.2, 0.25) is 0 Å². The van der Waals surface area contributed by atoms with Gasteiger partial charge in [-0.2, -0.15) is 0 Å². The summed E-state index contributed by atoms with van der Waals surface area (Å²) < 4.78 is 40.4. The van der Waals surface area contributed by atoms with Gasteiger partial charge in [-0.05, 0) is 36.7 Å². The number of hydrogen-bond acceptors (Lipinski definition) is 1. The van der Waals surface area contributed by atoms with Crippen molar-refractivity contribution in [3.05, 3.63) is 59.4 Å². The maximum absolute atomic E-state index is 13.9. The van der Waals surface area contributed by atoms with Gasteiger partial charge in [-0.3, -0.25) is 0 Å². The standard InChI is InChI=1S/C16H16F3N/c1-3-20-10(2)11-6-4-5-7-12(11)13-8-9-14(17)16(19)15(13)18/h4-10,20H,3H2,1-2H3. The average molecular weight is 279 g/mol. The molecule has 106 valence electrons. The summed E-state index contributed by atoms with van der Waals surface area (Å²) in [5.41, 5.74) is 1.49. The minimum atomic E-state index is -1.44. The molecule has 0 aromatic heterocycles. The van der Waals surface area contributed by atoms with Gasteiger partial charge in [-0.25, -0.2) is 13.2 Å². The molecule has 0 aliphatic heterocycles. The summed E-state index contributed by atoms with van der Waals surface area (Å²) in [6.45, 7) is 4.67. The molecule has 2 aromatic rings. The highest BCUT2D eigenvalue weighted by atomic mass is 19.2. The van der Waals surface area contributed by atoms with Gasteiger partial charge in [-0.15, -0.1) is 0 Å². The number of hydrogen-bond donors (Lipinski definition) is 1. The van der Waals surface area contributed by atoms with E-state index in [1.807, 2.05) is 26.0 Å². The molecule has 0 saturated carbocycles. The molecule has 0 radical (unpaired) electrons. The van der Waals surface area contributed by atoms with E-state index in [1.165, 1.54) is 6.07 Å². The third kappa shape index (κ3) is 2.70. The van der Waals surface area contributed by atoms with E-state index in [-0.39, 0.29) is 11.6 Å². The van der Waals surface area contributed by atoms with Crippen molar-refractivity contribution in [1.82, 2.24) is 5.32 Å². The fraction of sp³-hybridized carbons (Fsp3) is 0.250. The summed E-state index contributed by atoms with van der Waals surface area (Å²) in [5, 5.41) is 3.23. The summed E-state index contributed by atoms with van der Waals surface area (Å²) in [4.78, 5) is 0. The second-order valence-electron chi connectivity index (χ2n) is 4.59. The molecule has 4 heteroatoms. The zero-order valence-electron chi connectivity index (χ0n) is 11.4. The lowest BCUT2D eigenvalue weighted by atomic mass is 9.95. The quantitative estimate of drug-likeness (QED) is 0.816. The molecule has 0 bridgehead atoms. The molecule has 2 aromatic carbocycles. The van der Waals surface area contributed by atoms with Gasteiger partial charge >= 0.3 is 0 Å². The van der Waals surface area contributed by atoms with Crippen LogP contribution in [0.4, 0.5) is 13.2 Å². The fourth-order valence-electron chi connectivity index (χ4n) is 2.27. The van der Waals surface area contributed by atoms with Crippen LogP contribution in [-0.2, 0) is 0 Å². The molecule has 1 nitrogen and oxygen atoms in total. The minimum Gasteiger partial charge on any atom is -0.310 e. The predicted molar refractivity (Wildman–Crippen MR) is 73.8 cm³/mol. The first-order valence-electron chi connectivity index (χ1n) is 6.52. The largest absolute Gasteiger partial charge is 0.310 e. The van der Waals surface area contributed by atoms with E-state index < -0.39 is 17.5 Å². The van der Waals surface area contributed by atoms with Crippen molar-refractivity contribution in [3.63, 3.8) is 0 Å². The highest BCUT2D eigenvalue weighted by molar-refractivity contribution is 5.68. The number of benzene rings is 2. The Morgan fingerprint density at radius 3 is 2.35 bits per heavy atom. The SMILES string of the molecule is CCNC(C)c1ccccc1-c1ccc(F)c(F)c1F. The van der Waals surface area contributed by atoms with Crippen molar-refractivity contribution in [1.29, 1.82) is 0 Å². The highest BCUT2D eigenvalue weighted by Crippen LogP contribution is 2.31. The molecule has 0 aliphatic rings. The third-order valence-corrected chi connectivity index (χ3v) is 3.26. The van der Waals surface area contributed by atoms with E-state index >= 15 is 0 Å². The van der Waals surface area contributed by atoms with Gasteiger partial charge in [0.2, 0.25) is 0 Å². The minimum absolute atomic E-state index is 0.0104. The summed E-state index contributed by atoms with van der Waals surface area (Å²) in [6, 6.07) is 9.35. The second kappa shape index (κ2) is 6.09. The molecule has 0 aliphatic carbocycles. The molecule has 1 unspecified atom stereocenters. The van der Waals surface area contributed by atoms with E-state index in [9.17, 15) is 13.2 Å². The Bertz CT molecular complexity index is 611. The van der Waals surface area contributed by atoms with Crippen LogP contribution in [0.15, 0.2) is 36.4 Å². The summed E-state index contributed by atoms with van der Waals surface area (Å²) in [7, 11) is 0. The van der Waals surface area contributed by atoms with Gasteiger partial charge < -0.3 is 5.32 Å². The van der Waals surface area contributed by atoms with Crippen LogP contribution in [0.3, 0.4) is 0 Å². The van der Waals surface area contributed by atoms with Gasteiger partial charge in [0, 0.05) is 11.6 Å². The van der Waals surface area contributed by atoms with Crippen LogP contribution in [0.25, 0.3) is 11.1 Å². The summed E-state index contributed by atoms with van der Waals surface area (Å²) in [6.07, 6.45) is 0. The lowest BCUT2D eigenvalue weighted by molar-refractivity contribution is 0.449. The number of nitrogens with one attached hydrogen (secondary N) is 1. The molecule has 0 heterocycles. The second-order valence-corrected chi connectivity index (χ2v) is 4.59. The molecule has 0 fully saturated rings. The topological polar surface area (TPSA) is 12.0 Å². The van der Waals surface area contributed by atoms with E-state index in [4.69, 9.17) is 0 Å². The van der Waals surface area contributed by atoms with Crippen molar-refractivity contribution in [2.24, 2.45) is 0 Å². The Kier molecular flexibility index (Phi) is 4.45. The Balaban J connectivity index is 2.56. The monoisotopic (exact) mass is 279 g/mol. The summed E-state index contributed by atoms with van der Waals surface area (Å²) >= 11 is 0. The van der Waals surface area contributed by atoms with Crippen molar-refractivity contribution >= 4 is 0 Å². The Morgan fingerprint density at radius 1 is 0.950 bits per heavy atom. The Morgan fingerprint density at radius 2 is 1.65 bits per heavy atom. The van der Waals surface area contributed by atoms with Gasteiger partial charge in [0.25, 0.3) is 0 Å². The van der Waals surface area contributed by atoms with Gasteiger partial charge in [0.1, 0.15) is 0 Å². The van der Waals surface area contributed by atoms with Crippen LogP contribution in [0, 0.1) is 17.5 Å². The lowest BCUT2D eigenvalue weighted by Crippen LogP contribution is -2.18. The molecule has 0 saturated heterocycles. The molecule has 2 rings (SSSR count). The maximum atomic E-state index is 13.9. The number of rotatable bonds is 4. The smallest absolute Gasteiger partial charge is 0.195 e. The van der Waals surface area contributed by atoms with Crippen LogP contribution in [0.5, 0.6) is 0 Å². The van der Waals surface area contributed by atoms with Crippen LogP contribution < -0.4 is 5.32 Å². The average Bonchev–Trinajstić information content (AvgIpc) is 2.45. The van der Waals surface area contributed by atoms with Crippen LogP contribution in [-0.4, -0.2) is 6.54 Å². The van der Waals surface area contributed by atoms with Gasteiger partial charge in [0.05, 0.1) is 0 Å². The Labute approximate surface area is 116 Å². The maximum Gasteiger partial charge on any atom is 0.195 e. The first-order valence-corrected chi connectivity index (χ1v) is 6.52. The van der Waals surface area contributed by atoms with Crippen LogP contribution >= 0.6 is 0 Å². The molecule has 20 heavy (non-hydrogen) atoms. The van der Waals surface area contributed by atoms with Crippen molar-refractivity contribution < 1.29 is 13.2 Å². The van der Waals surface area contributed by atoms with E-state index in [1.54, 1.807) is 12.1 Å². The molecule has 0 spiro atoms. The van der Waals surface area contributed by atoms with Crippen molar-refractivity contribution in [2.75, 3.05) is 6.54 Å². The highest BCUT2D eigenvalue weighted by Gasteiger charge is 2.18. The molecule has 0 amide bonds. The summed E-state index contributed by atoms with van der Waals surface area (Å²) in [5.74, 6) is -3.77. The van der Waals surface area contributed by atoms with E-state index in [0.717, 1.165) is 18.2 Å². The molecular weight excluding hydrogens is 263 g/mol. The molecule has 1 N–H and O–H groups in total. The normalized spacial score (nSPS) is 12.4.